The van der Waals surface area contributed by atoms with E-state index in [0.717, 1.165) is 0 Å². The summed E-state index contributed by atoms with van der Waals surface area (Å²) in [6.07, 6.45) is 0. The first-order chi connectivity index (χ1) is 0. The van der Waals surface area contributed by atoms with E-state index >= 15 is 0 Å². The molecule has 0 amide bonds. The van der Waals surface area contributed by atoms with Gasteiger partial charge in [-0.2, -0.15) is 0 Å². The molecule has 0 aromatic carbocycles. The monoisotopic (exact) mass is 76.0 g/mol. The summed E-state index contributed by atoms with van der Waals surface area (Å²) in [6.45, 7) is 0. The van der Waals surface area contributed by atoms with Crippen molar-refractivity contribution in [2.45, 2.75) is 0 Å². The van der Waals surface area contributed by atoms with Crippen LogP contribution in [0.2, 0.25) is 0 Å². The molecule has 0 rings (SSSR count). The zero-order chi connectivity index (χ0) is 0. The van der Waals surface area contributed by atoms with Crippen LogP contribution in [0.4, 0.5) is 0 Å². The Kier molecular flexibility index (Phi) is 188. The van der Waals surface area contributed by atoms with Gasteiger partial charge in [0, 0.05) is 0 Å². The minimum atomic E-state index is 0. The summed E-state index contributed by atoms with van der Waals surface area (Å²) < 4.78 is 0. The zero-order valence-electron chi connectivity index (χ0n) is 4.00. The third-order valence-corrected chi connectivity index (χ3v) is 0. The third-order valence-electron chi connectivity index (χ3n) is 0. The fraction of sp³-hybridized carbons (Fsp3) is 0. The predicted molar refractivity (Wildman–Crippen MR) is 12.8 cm³/mol. The molecule has 4 heavy (non-hydrogen) atoms. The maximum absolute atomic E-state index is 0. The van der Waals surface area contributed by atoms with E-state index in [9.17, 15) is 0 Å². The Labute approximate surface area is 72.9 Å². The molecule has 2 heteroatoms. The van der Waals surface area contributed by atoms with Gasteiger partial charge in [-0.25, -0.2) is 0 Å². The standard InChI is InChI=1S/2CH3.2Na/h2*1H3;;/q2*-1;2*+1. The van der Waals surface area contributed by atoms with Gasteiger partial charge in [-0.3, -0.25) is 0 Å². The minimum Gasteiger partial charge on any atom is -0.358 e. The molecule has 0 heterocycles. The molecular formula is C2H6Na2. The summed E-state index contributed by atoms with van der Waals surface area (Å²) in [5, 5.41) is 0. The molecule has 0 nitrogen and oxygen atoms in total. The van der Waals surface area contributed by atoms with Crippen LogP contribution >= 0.6 is 0 Å². The van der Waals surface area contributed by atoms with Gasteiger partial charge in [0.05, 0.1) is 0 Å². The van der Waals surface area contributed by atoms with Crippen molar-refractivity contribution in [1.82, 2.24) is 0 Å². The smallest absolute Gasteiger partial charge is 0.358 e. The Morgan fingerprint density at radius 3 is 0.500 bits per heavy atom. The predicted octanol–water partition coefficient (Wildman–Crippen LogP) is -5.09. The van der Waals surface area contributed by atoms with Crippen molar-refractivity contribution in [3.05, 3.63) is 14.9 Å². The second-order valence-electron chi connectivity index (χ2n) is 0. The quantitative estimate of drug-likeness (QED) is 0.200. The Hall–Kier alpha value is 2.00. The van der Waals surface area contributed by atoms with Crippen LogP contribution in [0.1, 0.15) is 0 Å². The Morgan fingerprint density at radius 1 is 0.500 bits per heavy atom. The summed E-state index contributed by atoms with van der Waals surface area (Å²) in [6, 6.07) is 0. The van der Waals surface area contributed by atoms with Crippen LogP contribution in [0.3, 0.4) is 0 Å². The molecule has 0 aliphatic rings. The van der Waals surface area contributed by atoms with Crippen molar-refractivity contribution in [3.8, 4) is 0 Å². The molecule has 0 aromatic rings. The van der Waals surface area contributed by atoms with Gasteiger partial charge in [-0.1, -0.05) is 0 Å². The molecule has 0 spiro atoms. The Balaban J connectivity index is 0. The van der Waals surface area contributed by atoms with Gasteiger partial charge in [0.15, 0.2) is 0 Å². The first kappa shape index (κ1) is 37.5. The van der Waals surface area contributed by atoms with Gasteiger partial charge >= 0.3 is 59.1 Å². The molecule has 16 valence electrons. The van der Waals surface area contributed by atoms with Crippen molar-refractivity contribution in [1.29, 1.82) is 0 Å². The Bertz CT molecular complexity index is 4.00. The van der Waals surface area contributed by atoms with Crippen molar-refractivity contribution in [2.75, 3.05) is 0 Å². The summed E-state index contributed by atoms with van der Waals surface area (Å²) >= 11 is 0. The molecule has 0 radical (unpaired) electrons. The largest absolute Gasteiger partial charge is 1.00 e. The summed E-state index contributed by atoms with van der Waals surface area (Å²) in [7, 11) is 0. The fourth-order valence-electron chi connectivity index (χ4n) is 0. The summed E-state index contributed by atoms with van der Waals surface area (Å²) in [5.41, 5.74) is 0. The maximum Gasteiger partial charge on any atom is 1.00 e. The van der Waals surface area contributed by atoms with Gasteiger partial charge in [-0.15, -0.1) is 0 Å². The molecule has 0 fully saturated rings. The van der Waals surface area contributed by atoms with Gasteiger partial charge in [-0.05, 0) is 0 Å². The van der Waals surface area contributed by atoms with E-state index in [4.69, 9.17) is 0 Å². The van der Waals surface area contributed by atoms with Crippen LogP contribution in [0.15, 0.2) is 0 Å². The van der Waals surface area contributed by atoms with Crippen LogP contribution in [-0.4, -0.2) is 0 Å². The first-order valence-electron chi connectivity index (χ1n) is 0. The van der Waals surface area contributed by atoms with Crippen LogP contribution in [0, 0.1) is 14.9 Å². The number of hydrogen-bond acceptors (Lipinski definition) is 0. The van der Waals surface area contributed by atoms with Gasteiger partial charge < -0.3 is 14.9 Å². The minimum absolute atomic E-state index is 0. The van der Waals surface area contributed by atoms with E-state index < -0.39 is 0 Å². The average molecular weight is 76.0 g/mol. The van der Waals surface area contributed by atoms with Crippen LogP contribution in [0.25, 0.3) is 0 Å². The molecule has 0 saturated heterocycles. The Morgan fingerprint density at radius 2 is 0.500 bits per heavy atom. The van der Waals surface area contributed by atoms with Crippen LogP contribution in [0.5, 0.6) is 0 Å². The topological polar surface area (TPSA) is 0 Å². The molecule has 0 aliphatic heterocycles. The van der Waals surface area contributed by atoms with Crippen molar-refractivity contribution >= 4 is 0 Å². The SMILES string of the molecule is [CH3-].[CH3-].[Na+].[Na+]. The van der Waals surface area contributed by atoms with Gasteiger partial charge in [0.25, 0.3) is 0 Å². The van der Waals surface area contributed by atoms with E-state index in [1.807, 2.05) is 0 Å². The average Bonchev–Trinajstić information content (AvgIpc) is 0. The number of hydrogen-bond donors (Lipinski definition) is 0. The molecule has 0 bridgehead atoms. The fourth-order valence-corrected chi connectivity index (χ4v) is 0. The number of rotatable bonds is 0. The normalized spacial score (nSPS) is 0. The van der Waals surface area contributed by atoms with Crippen molar-refractivity contribution in [2.24, 2.45) is 0 Å². The third kappa shape index (κ3) is 9.00. The molecule has 0 saturated carbocycles. The molecular weight excluding hydrogens is 70.0 g/mol. The second kappa shape index (κ2) is 20.0. The van der Waals surface area contributed by atoms with E-state index in [1.54, 1.807) is 0 Å². The van der Waals surface area contributed by atoms with Crippen LogP contribution in [-0.2, 0) is 0 Å². The van der Waals surface area contributed by atoms with Crippen molar-refractivity contribution < 1.29 is 59.1 Å². The molecule has 0 atom stereocenters. The van der Waals surface area contributed by atoms with Crippen LogP contribution < -0.4 is 59.1 Å². The van der Waals surface area contributed by atoms with E-state index in [0.29, 0.717) is 0 Å². The summed E-state index contributed by atoms with van der Waals surface area (Å²) in [4.78, 5) is 0. The molecule has 0 N–H and O–H groups in total. The van der Waals surface area contributed by atoms with Crippen molar-refractivity contribution in [3.63, 3.8) is 0 Å². The van der Waals surface area contributed by atoms with Gasteiger partial charge in [0.2, 0.25) is 0 Å². The first-order valence-corrected chi connectivity index (χ1v) is 0. The molecule has 0 aromatic heterocycles. The van der Waals surface area contributed by atoms with E-state index in [1.165, 1.54) is 0 Å². The van der Waals surface area contributed by atoms with E-state index in [2.05, 4.69) is 0 Å². The molecule has 0 unspecified atom stereocenters. The maximum atomic E-state index is 0. The van der Waals surface area contributed by atoms with E-state index in [-0.39, 0.29) is 74.0 Å². The zero-order valence-corrected chi connectivity index (χ0v) is 8.00. The second-order valence-corrected chi connectivity index (χ2v) is 0. The molecule has 0 aliphatic carbocycles. The summed E-state index contributed by atoms with van der Waals surface area (Å²) in [5.74, 6) is 0. The van der Waals surface area contributed by atoms with Gasteiger partial charge in [0.1, 0.15) is 0 Å².